The van der Waals surface area contributed by atoms with Crippen LogP contribution in [0.4, 0.5) is 0 Å². The summed E-state index contributed by atoms with van der Waals surface area (Å²) in [4.78, 5) is 16.2. The van der Waals surface area contributed by atoms with Gasteiger partial charge in [0.25, 0.3) is 0 Å². The molecule has 1 aromatic carbocycles. The Kier molecular flexibility index (Phi) is 3.15. The second-order valence-corrected chi connectivity index (χ2v) is 3.24. The maximum absolute atomic E-state index is 10.6. The van der Waals surface area contributed by atoms with E-state index in [0.717, 1.165) is 12.0 Å². The molecule has 0 bridgehead atoms. The molecule has 0 atom stereocenters. The van der Waals surface area contributed by atoms with Crippen LogP contribution in [0.15, 0.2) is 47.2 Å². The molecular formula is C13H10N2O. The molecule has 78 valence electrons. The van der Waals surface area contributed by atoms with Crippen molar-refractivity contribution in [1.29, 1.82) is 0 Å². The zero-order valence-electron chi connectivity index (χ0n) is 8.63. The van der Waals surface area contributed by atoms with Gasteiger partial charge in [0.1, 0.15) is 5.70 Å². The monoisotopic (exact) mass is 210 g/mol. The van der Waals surface area contributed by atoms with Crippen LogP contribution in [0.1, 0.15) is 5.56 Å². The first-order valence-corrected chi connectivity index (χ1v) is 4.91. The molecule has 3 heteroatoms. The number of amides is 1. The van der Waals surface area contributed by atoms with Gasteiger partial charge in [-0.2, -0.15) is 0 Å². The van der Waals surface area contributed by atoms with Crippen LogP contribution in [0.5, 0.6) is 0 Å². The molecule has 3 nitrogen and oxygen atoms in total. The van der Waals surface area contributed by atoms with E-state index in [4.69, 9.17) is 0 Å². The summed E-state index contributed by atoms with van der Waals surface area (Å²) >= 11 is 0. The second kappa shape index (κ2) is 4.94. The molecule has 0 unspecified atom stereocenters. The minimum Gasteiger partial charge on any atom is -0.313 e. The van der Waals surface area contributed by atoms with Gasteiger partial charge in [0.15, 0.2) is 0 Å². The normalized spacial score (nSPS) is 13.8. The van der Waals surface area contributed by atoms with E-state index in [2.05, 4.69) is 16.8 Å². The van der Waals surface area contributed by atoms with Crippen LogP contribution in [-0.2, 0) is 4.79 Å². The molecule has 0 saturated carbocycles. The number of carbonyl (C=O) groups excluding carboxylic acids is 1. The van der Waals surface area contributed by atoms with Crippen LogP contribution in [0.2, 0.25) is 0 Å². The van der Waals surface area contributed by atoms with Gasteiger partial charge in [0.2, 0.25) is 6.41 Å². The standard InChI is InChI=1S/C13H10N2O/c16-11-15-9-8-14-13(10-15)7-6-12-4-2-1-3-5-12/h1-5,8,10-11H,9H2. The summed E-state index contributed by atoms with van der Waals surface area (Å²) in [6, 6.07) is 9.66. The van der Waals surface area contributed by atoms with Crippen molar-refractivity contribution >= 4 is 12.6 Å². The van der Waals surface area contributed by atoms with Gasteiger partial charge >= 0.3 is 0 Å². The van der Waals surface area contributed by atoms with Crippen LogP contribution in [0, 0.1) is 11.8 Å². The molecule has 1 aliphatic heterocycles. The van der Waals surface area contributed by atoms with E-state index >= 15 is 0 Å². The van der Waals surface area contributed by atoms with Gasteiger partial charge in [-0.3, -0.25) is 4.79 Å². The van der Waals surface area contributed by atoms with E-state index in [1.54, 1.807) is 12.4 Å². The van der Waals surface area contributed by atoms with Crippen LogP contribution >= 0.6 is 0 Å². The topological polar surface area (TPSA) is 32.7 Å². The Morgan fingerprint density at radius 3 is 2.81 bits per heavy atom. The molecule has 0 N–H and O–H groups in total. The lowest BCUT2D eigenvalue weighted by Crippen LogP contribution is -2.20. The fourth-order valence-corrected chi connectivity index (χ4v) is 1.27. The fraction of sp³-hybridized carbons (Fsp3) is 0.0769. The lowest BCUT2D eigenvalue weighted by molar-refractivity contribution is -0.115. The maximum atomic E-state index is 10.6. The van der Waals surface area contributed by atoms with E-state index in [9.17, 15) is 4.79 Å². The lowest BCUT2D eigenvalue weighted by atomic mass is 10.2. The summed E-state index contributed by atoms with van der Waals surface area (Å²) in [6.07, 6.45) is 4.07. The van der Waals surface area contributed by atoms with Crippen molar-refractivity contribution in [3.63, 3.8) is 0 Å². The summed E-state index contributed by atoms with van der Waals surface area (Å²) in [7, 11) is 0. The number of nitrogens with zero attached hydrogens (tertiary/aromatic N) is 2. The summed E-state index contributed by atoms with van der Waals surface area (Å²) < 4.78 is 0. The highest BCUT2D eigenvalue weighted by atomic mass is 16.1. The Bertz CT molecular complexity index is 492. The average molecular weight is 210 g/mol. The molecule has 1 heterocycles. The summed E-state index contributed by atoms with van der Waals surface area (Å²) in [5.74, 6) is 5.90. The predicted octanol–water partition coefficient (Wildman–Crippen LogP) is 1.42. The molecule has 1 aromatic rings. The lowest BCUT2D eigenvalue weighted by Gasteiger charge is -2.12. The number of hydrogen-bond acceptors (Lipinski definition) is 2. The van der Waals surface area contributed by atoms with E-state index in [1.807, 2.05) is 30.3 Å². The summed E-state index contributed by atoms with van der Waals surface area (Å²) in [6.45, 7) is 0.514. The van der Waals surface area contributed by atoms with E-state index in [1.165, 1.54) is 4.90 Å². The molecule has 0 saturated heterocycles. The first kappa shape index (κ1) is 10.2. The highest BCUT2D eigenvalue weighted by Crippen LogP contribution is 2.03. The van der Waals surface area contributed by atoms with Gasteiger partial charge in [-0.05, 0) is 18.1 Å². The maximum Gasteiger partial charge on any atom is 0.214 e. The van der Waals surface area contributed by atoms with Crippen molar-refractivity contribution in [3.05, 3.63) is 47.8 Å². The Hall–Kier alpha value is -2.34. The van der Waals surface area contributed by atoms with Crippen molar-refractivity contribution in [2.45, 2.75) is 0 Å². The highest BCUT2D eigenvalue weighted by Gasteiger charge is 2.01. The Labute approximate surface area is 94.1 Å². The molecule has 16 heavy (non-hydrogen) atoms. The second-order valence-electron chi connectivity index (χ2n) is 3.24. The average Bonchev–Trinajstić information content (AvgIpc) is 2.38. The third-order valence-electron chi connectivity index (χ3n) is 2.06. The summed E-state index contributed by atoms with van der Waals surface area (Å²) in [5.41, 5.74) is 1.53. The van der Waals surface area contributed by atoms with E-state index in [-0.39, 0.29) is 0 Å². The zero-order valence-corrected chi connectivity index (χ0v) is 8.63. The van der Waals surface area contributed by atoms with Gasteiger partial charge in [-0.15, -0.1) is 0 Å². The van der Waals surface area contributed by atoms with Crippen molar-refractivity contribution < 1.29 is 4.79 Å². The first-order valence-electron chi connectivity index (χ1n) is 4.91. The van der Waals surface area contributed by atoms with Crippen LogP contribution in [-0.4, -0.2) is 24.1 Å². The number of benzene rings is 1. The van der Waals surface area contributed by atoms with Crippen molar-refractivity contribution in [2.24, 2.45) is 4.99 Å². The smallest absolute Gasteiger partial charge is 0.214 e. The fourth-order valence-electron chi connectivity index (χ4n) is 1.27. The molecule has 1 amide bonds. The molecule has 0 aromatic heterocycles. The Morgan fingerprint density at radius 2 is 2.06 bits per heavy atom. The quantitative estimate of drug-likeness (QED) is 0.509. The number of hydrogen-bond donors (Lipinski definition) is 0. The van der Waals surface area contributed by atoms with Gasteiger partial charge in [0.05, 0.1) is 6.54 Å². The SMILES string of the molecule is O=CN1C=C(C#Cc2ccccc2)N=CC1. The first-order chi connectivity index (χ1) is 7.88. The highest BCUT2D eigenvalue weighted by molar-refractivity contribution is 5.69. The predicted molar refractivity (Wildman–Crippen MR) is 62.7 cm³/mol. The van der Waals surface area contributed by atoms with Gasteiger partial charge < -0.3 is 4.90 Å². The van der Waals surface area contributed by atoms with Gasteiger partial charge in [-0.25, -0.2) is 4.99 Å². The molecule has 1 aliphatic rings. The Morgan fingerprint density at radius 1 is 1.25 bits per heavy atom. The molecular weight excluding hydrogens is 200 g/mol. The Balaban J connectivity index is 2.16. The molecule has 0 aliphatic carbocycles. The number of allylic oxidation sites excluding steroid dienone is 1. The molecule has 0 spiro atoms. The minimum atomic E-state index is 0.514. The van der Waals surface area contributed by atoms with Crippen LogP contribution in [0.25, 0.3) is 0 Å². The van der Waals surface area contributed by atoms with Crippen molar-refractivity contribution in [3.8, 4) is 11.8 Å². The molecule has 0 fully saturated rings. The van der Waals surface area contributed by atoms with Crippen LogP contribution in [0.3, 0.4) is 0 Å². The molecule has 0 radical (unpaired) electrons. The number of rotatable bonds is 1. The largest absolute Gasteiger partial charge is 0.313 e. The number of aliphatic imine (C=N–C) groups is 1. The van der Waals surface area contributed by atoms with Crippen molar-refractivity contribution in [1.82, 2.24) is 4.90 Å². The summed E-state index contributed by atoms with van der Waals surface area (Å²) in [5, 5.41) is 0. The zero-order chi connectivity index (χ0) is 11.2. The van der Waals surface area contributed by atoms with E-state index in [0.29, 0.717) is 12.2 Å². The number of carbonyl (C=O) groups is 1. The van der Waals surface area contributed by atoms with Gasteiger partial charge in [0, 0.05) is 18.0 Å². The van der Waals surface area contributed by atoms with E-state index < -0.39 is 0 Å². The minimum absolute atomic E-state index is 0.514. The van der Waals surface area contributed by atoms with Crippen molar-refractivity contribution in [2.75, 3.05) is 6.54 Å². The third-order valence-corrected chi connectivity index (χ3v) is 2.06. The van der Waals surface area contributed by atoms with Crippen LogP contribution < -0.4 is 0 Å². The molecule has 2 rings (SSSR count). The van der Waals surface area contributed by atoms with Gasteiger partial charge in [-0.1, -0.05) is 24.1 Å². The third kappa shape index (κ3) is 2.58.